The molecule has 1 amide bonds. The number of pyridine rings is 1. The van der Waals surface area contributed by atoms with Crippen molar-refractivity contribution in [2.24, 2.45) is 5.92 Å². The molecule has 2 rings (SSSR count). The fourth-order valence-electron chi connectivity index (χ4n) is 1.86. The Morgan fingerprint density at radius 1 is 1.30 bits per heavy atom. The van der Waals surface area contributed by atoms with E-state index in [1.807, 2.05) is 0 Å². The number of ether oxygens (including phenoxy) is 1. The molecule has 4 nitrogen and oxygen atoms in total. The summed E-state index contributed by atoms with van der Waals surface area (Å²) >= 11 is 0. The Kier molecular flexibility index (Phi) is 4.55. The Hall–Kier alpha value is -2.23. The molecule has 0 N–H and O–H groups in total. The third-order valence-corrected chi connectivity index (χ3v) is 3.03. The average Bonchev–Trinajstić information content (AvgIpc) is 2.34. The van der Waals surface area contributed by atoms with Gasteiger partial charge in [0.1, 0.15) is 11.3 Å². The lowest BCUT2D eigenvalue weighted by molar-refractivity contribution is -0.137. The number of likely N-dealkylation sites (tertiary alicyclic amines) is 1. The number of alkyl halides is 3. The molecule has 0 spiro atoms. The van der Waals surface area contributed by atoms with Crippen LogP contribution in [0.25, 0.3) is 0 Å². The van der Waals surface area contributed by atoms with Gasteiger partial charge in [-0.25, -0.2) is 9.78 Å². The van der Waals surface area contributed by atoms with Crippen LogP contribution in [0.1, 0.15) is 32.0 Å². The first-order chi connectivity index (χ1) is 10.5. The first-order valence-electron chi connectivity index (χ1n) is 7.07. The summed E-state index contributed by atoms with van der Waals surface area (Å²) in [6.45, 7) is 6.26. The van der Waals surface area contributed by atoms with E-state index in [2.05, 4.69) is 16.8 Å². The molecule has 1 aromatic heterocycles. The standard InChI is InChI=1S/C16H17F3N2O2/c1-15(2,3)23-14(22)21-9-11(10-21)4-6-13-7-5-12(8-20-13)16(17,18)19/h5,7-8,11H,9-10H2,1-3H3. The molecule has 124 valence electrons. The van der Waals surface area contributed by atoms with Gasteiger partial charge >= 0.3 is 12.3 Å². The zero-order chi connectivity index (χ0) is 17.3. The fourth-order valence-corrected chi connectivity index (χ4v) is 1.86. The largest absolute Gasteiger partial charge is 0.444 e. The van der Waals surface area contributed by atoms with Crippen LogP contribution in [0.3, 0.4) is 0 Å². The number of rotatable bonds is 0. The van der Waals surface area contributed by atoms with Crippen molar-refractivity contribution in [2.45, 2.75) is 32.5 Å². The maximum atomic E-state index is 12.4. The molecule has 23 heavy (non-hydrogen) atoms. The van der Waals surface area contributed by atoms with Gasteiger partial charge < -0.3 is 9.64 Å². The molecular formula is C16H17F3N2O2. The maximum Gasteiger partial charge on any atom is 0.417 e. The van der Waals surface area contributed by atoms with Crippen molar-refractivity contribution in [1.82, 2.24) is 9.88 Å². The van der Waals surface area contributed by atoms with Crippen LogP contribution in [0.2, 0.25) is 0 Å². The van der Waals surface area contributed by atoms with Crippen molar-refractivity contribution in [3.63, 3.8) is 0 Å². The lowest BCUT2D eigenvalue weighted by Gasteiger charge is -2.37. The van der Waals surface area contributed by atoms with Crippen molar-refractivity contribution >= 4 is 6.09 Å². The van der Waals surface area contributed by atoms with E-state index in [4.69, 9.17) is 4.74 Å². The Morgan fingerprint density at radius 2 is 1.96 bits per heavy atom. The van der Waals surface area contributed by atoms with E-state index in [1.165, 1.54) is 11.0 Å². The third-order valence-electron chi connectivity index (χ3n) is 3.03. The molecule has 0 aromatic carbocycles. The number of nitrogens with zero attached hydrogens (tertiary/aromatic N) is 2. The zero-order valence-electron chi connectivity index (χ0n) is 13.1. The van der Waals surface area contributed by atoms with Crippen LogP contribution in [-0.4, -0.2) is 34.7 Å². The highest BCUT2D eigenvalue weighted by atomic mass is 19.4. The van der Waals surface area contributed by atoms with Crippen LogP contribution in [0.15, 0.2) is 18.3 Å². The Bertz CT molecular complexity index is 631. The Labute approximate surface area is 132 Å². The highest BCUT2D eigenvalue weighted by Crippen LogP contribution is 2.28. The lowest BCUT2D eigenvalue weighted by Crippen LogP contribution is -2.51. The Balaban J connectivity index is 1.87. The van der Waals surface area contributed by atoms with Gasteiger partial charge in [0, 0.05) is 19.3 Å². The van der Waals surface area contributed by atoms with E-state index in [9.17, 15) is 18.0 Å². The van der Waals surface area contributed by atoms with Gasteiger partial charge in [-0.05, 0) is 38.8 Å². The summed E-state index contributed by atoms with van der Waals surface area (Å²) in [6.07, 6.45) is -4.03. The highest BCUT2D eigenvalue weighted by molar-refractivity contribution is 5.69. The van der Waals surface area contributed by atoms with Gasteiger partial charge in [-0.2, -0.15) is 13.2 Å². The maximum absolute atomic E-state index is 12.4. The molecule has 1 fully saturated rings. The number of hydrogen-bond donors (Lipinski definition) is 0. The minimum Gasteiger partial charge on any atom is -0.444 e. The van der Waals surface area contributed by atoms with E-state index >= 15 is 0 Å². The number of aromatic nitrogens is 1. The van der Waals surface area contributed by atoms with Crippen molar-refractivity contribution in [3.8, 4) is 11.8 Å². The van der Waals surface area contributed by atoms with Gasteiger partial charge in [-0.15, -0.1) is 0 Å². The summed E-state index contributed by atoms with van der Waals surface area (Å²) in [6, 6.07) is 2.19. The second-order valence-electron chi connectivity index (χ2n) is 6.28. The lowest BCUT2D eigenvalue weighted by atomic mass is 10.0. The summed E-state index contributed by atoms with van der Waals surface area (Å²) < 4.78 is 42.4. The molecule has 0 saturated carbocycles. The van der Waals surface area contributed by atoms with E-state index in [0.29, 0.717) is 13.1 Å². The third kappa shape index (κ3) is 4.88. The second-order valence-corrected chi connectivity index (χ2v) is 6.28. The second kappa shape index (κ2) is 6.11. The SMILES string of the molecule is CC(C)(C)OC(=O)N1CC(C#Cc2ccc(C(F)(F)F)cn2)C1. The molecule has 0 aliphatic carbocycles. The summed E-state index contributed by atoms with van der Waals surface area (Å²) in [5, 5.41) is 0. The van der Waals surface area contributed by atoms with E-state index in [-0.39, 0.29) is 17.7 Å². The molecule has 1 aliphatic heterocycles. The van der Waals surface area contributed by atoms with Crippen molar-refractivity contribution in [1.29, 1.82) is 0 Å². The summed E-state index contributed by atoms with van der Waals surface area (Å²) in [5.74, 6) is 5.60. The molecule has 7 heteroatoms. The number of halogens is 3. The number of carbonyl (C=O) groups excluding carboxylic acids is 1. The molecule has 1 saturated heterocycles. The Morgan fingerprint density at radius 3 is 2.43 bits per heavy atom. The van der Waals surface area contributed by atoms with Gasteiger partial charge in [-0.1, -0.05) is 5.92 Å². The topological polar surface area (TPSA) is 42.4 Å². The van der Waals surface area contributed by atoms with Crippen molar-refractivity contribution in [2.75, 3.05) is 13.1 Å². The molecule has 0 atom stereocenters. The van der Waals surface area contributed by atoms with E-state index in [0.717, 1.165) is 12.3 Å². The van der Waals surface area contributed by atoms with Gasteiger partial charge in [0.15, 0.2) is 0 Å². The molecule has 0 bridgehead atoms. The molecule has 1 aliphatic rings. The smallest absolute Gasteiger partial charge is 0.417 e. The normalized spacial score (nSPS) is 15.5. The number of carbonyl (C=O) groups is 1. The van der Waals surface area contributed by atoms with Gasteiger partial charge in [-0.3, -0.25) is 0 Å². The monoisotopic (exact) mass is 326 g/mol. The highest BCUT2D eigenvalue weighted by Gasteiger charge is 2.33. The van der Waals surface area contributed by atoms with Gasteiger partial charge in [0.05, 0.1) is 11.5 Å². The first-order valence-corrected chi connectivity index (χ1v) is 7.07. The van der Waals surface area contributed by atoms with Crippen LogP contribution in [0, 0.1) is 17.8 Å². The minimum absolute atomic E-state index is 0.0217. The first kappa shape index (κ1) is 17.1. The van der Waals surface area contributed by atoms with Crippen LogP contribution >= 0.6 is 0 Å². The number of amides is 1. The number of hydrogen-bond acceptors (Lipinski definition) is 3. The fraction of sp³-hybridized carbons (Fsp3) is 0.500. The minimum atomic E-state index is -4.40. The predicted octanol–water partition coefficient (Wildman–Crippen LogP) is 3.32. The zero-order valence-corrected chi connectivity index (χ0v) is 13.1. The molecular weight excluding hydrogens is 309 g/mol. The van der Waals surface area contributed by atoms with Crippen molar-refractivity contribution in [3.05, 3.63) is 29.6 Å². The van der Waals surface area contributed by atoms with Gasteiger partial charge in [0.25, 0.3) is 0 Å². The van der Waals surface area contributed by atoms with Crippen LogP contribution < -0.4 is 0 Å². The molecule has 0 radical (unpaired) electrons. The molecule has 0 unspecified atom stereocenters. The molecule has 1 aromatic rings. The van der Waals surface area contributed by atoms with Crippen LogP contribution in [0.5, 0.6) is 0 Å². The van der Waals surface area contributed by atoms with Crippen LogP contribution in [-0.2, 0) is 10.9 Å². The summed E-state index contributed by atoms with van der Waals surface area (Å²) in [7, 11) is 0. The van der Waals surface area contributed by atoms with Crippen LogP contribution in [0.4, 0.5) is 18.0 Å². The summed E-state index contributed by atoms with van der Waals surface area (Å²) in [5.41, 5.74) is -1.07. The summed E-state index contributed by atoms with van der Waals surface area (Å²) in [4.78, 5) is 16.9. The van der Waals surface area contributed by atoms with Crippen molar-refractivity contribution < 1.29 is 22.7 Å². The average molecular weight is 326 g/mol. The van der Waals surface area contributed by atoms with Gasteiger partial charge in [0.2, 0.25) is 0 Å². The van der Waals surface area contributed by atoms with E-state index < -0.39 is 17.3 Å². The van der Waals surface area contributed by atoms with E-state index in [1.54, 1.807) is 20.8 Å². The predicted molar refractivity (Wildman–Crippen MR) is 77.4 cm³/mol. The molecule has 2 heterocycles. The quantitative estimate of drug-likeness (QED) is 0.687.